The lowest BCUT2D eigenvalue weighted by molar-refractivity contribution is 0.0734. The number of aryl methyl sites for hydroxylation is 1. The number of rotatable bonds is 16. The number of carbonyl (C=O) groups is 1. The Labute approximate surface area is 233 Å². The van der Waals surface area contributed by atoms with Gasteiger partial charge in [-0.15, -0.1) is 0 Å². The van der Waals surface area contributed by atoms with E-state index in [1.165, 1.54) is 51.4 Å². The number of benzene rings is 2. The molecule has 1 atom stereocenters. The fraction of sp³-hybridized carbons (Fsp3) is 0.469. The highest BCUT2D eigenvalue weighted by Crippen LogP contribution is 2.28. The number of nitrogens with zero attached hydrogens (tertiary/aromatic N) is 2. The normalized spacial score (nSPS) is 11.8. The number of hydrogen-bond donors (Lipinski definition) is 0. The molecule has 0 bridgehead atoms. The van der Waals surface area contributed by atoms with E-state index in [0.717, 1.165) is 30.4 Å². The lowest BCUT2D eigenvalue weighted by Gasteiger charge is -2.16. The molecule has 1 aromatic heterocycles. The van der Waals surface area contributed by atoms with E-state index in [2.05, 4.69) is 23.8 Å². The number of unbranched alkanes of at least 4 members (excludes halogenated alkanes) is 7. The SMILES string of the molecule is CCCCCCCc1cnc(-c2ccc(OC(=O)c3ccc(OC(C)CCCCCC)c(Cl)c3)cc2)nc1. The van der Waals surface area contributed by atoms with Crippen LogP contribution in [0.2, 0.25) is 5.02 Å². The Morgan fingerprint density at radius 1 is 0.868 bits per heavy atom. The summed E-state index contributed by atoms with van der Waals surface area (Å²) in [6.45, 7) is 6.47. The van der Waals surface area contributed by atoms with Crippen molar-refractivity contribution < 1.29 is 14.3 Å². The zero-order chi connectivity index (χ0) is 27.2. The molecule has 0 saturated carbocycles. The van der Waals surface area contributed by atoms with Crippen molar-refractivity contribution >= 4 is 17.6 Å². The summed E-state index contributed by atoms with van der Waals surface area (Å²) in [6, 6.07) is 12.2. The maximum absolute atomic E-state index is 12.7. The van der Waals surface area contributed by atoms with E-state index in [-0.39, 0.29) is 6.10 Å². The maximum atomic E-state index is 12.7. The molecule has 0 aliphatic rings. The van der Waals surface area contributed by atoms with E-state index in [1.807, 2.05) is 31.5 Å². The topological polar surface area (TPSA) is 61.3 Å². The average molecular weight is 537 g/mol. The van der Waals surface area contributed by atoms with Gasteiger partial charge in [0.05, 0.1) is 16.7 Å². The third kappa shape index (κ3) is 9.75. The third-order valence-electron chi connectivity index (χ3n) is 6.56. The molecule has 0 N–H and O–H groups in total. The van der Waals surface area contributed by atoms with E-state index in [1.54, 1.807) is 30.3 Å². The van der Waals surface area contributed by atoms with Gasteiger partial charge < -0.3 is 9.47 Å². The molecule has 3 aromatic rings. The molecule has 0 amide bonds. The van der Waals surface area contributed by atoms with Gasteiger partial charge in [0.15, 0.2) is 5.82 Å². The predicted octanol–water partition coefficient (Wildman–Crippen LogP) is 9.27. The summed E-state index contributed by atoms with van der Waals surface area (Å²) in [5.41, 5.74) is 2.40. The Bertz CT molecular complexity index is 1120. The van der Waals surface area contributed by atoms with E-state index < -0.39 is 5.97 Å². The molecule has 5 nitrogen and oxygen atoms in total. The standard InChI is InChI=1S/C32H41ClN2O3/c1-4-6-8-10-12-14-25-22-34-31(35-23-25)26-15-18-28(19-16-26)38-32(36)27-17-20-30(29(33)21-27)37-24(3)13-11-9-7-5-2/h15-24H,4-14H2,1-3H3. The fourth-order valence-corrected chi connectivity index (χ4v) is 4.49. The Balaban J connectivity index is 1.51. The number of halogens is 1. The number of carbonyl (C=O) groups excluding carboxylic acids is 1. The summed E-state index contributed by atoms with van der Waals surface area (Å²) in [5.74, 6) is 1.20. The molecular weight excluding hydrogens is 496 g/mol. The lowest BCUT2D eigenvalue weighted by atomic mass is 10.1. The largest absolute Gasteiger partial charge is 0.489 e. The molecule has 1 unspecified atom stereocenters. The van der Waals surface area contributed by atoms with Gasteiger partial charge in [-0.2, -0.15) is 0 Å². The molecule has 0 aliphatic carbocycles. The second-order valence-electron chi connectivity index (χ2n) is 9.92. The Morgan fingerprint density at radius 2 is 1.53 bits per heavy atom. The van der Waals surface area contributed by atoms with E-state index in [4.69, 9.17) is 21.1 Å². The quantitative estimate of drug-likeness (QED) is 0.104. The molecule has 0 aliphatic heterocycles. The highest BCUT2D eigenvalue weighted by molar-refractivity contribution is 6.32. The molecule has 204 valence electrons. The number of esters is 1. The minimum atomic E-state index is -0.474. The summed E-state index contributed by atoms with van der Waals surface area (Å²) < 4.78 is 11.5. The molecule has 0 radical (unpaired) electrons. The molecule has 0 spiro atoms. The van der Waals surface area contributed by atoms with Crippen molar-refractivity contribution in [1.29, 1.82) is 0 Å². The van der Waals surface area contributed by atoms with Crippen LogP contribution in [0.25, 0.3) is 11.4 Å². The van der Waals surface area contributed by atoms with Crippen LogP contribution in [-0.2, 0) is 6.42 Å². The van der Waals surface area contributed by atoms with Gasteiger partial charge in [-0.05, 0) is 80.6 Å². The van der Waals surface area contributed by atoms with Crippen molar-refractivity contribution in [2.24, 2.45) is 0 Å². The zero-order valence-corrected chi connectivity index (χ0v) is 23.8. The monoisotopic (exact) mass is 536 g/mol. The van der Waals surface area contributed by atoms with Gasteiger partial charge in [0.2, 0.25) is 0 Å². The second kappa shape index (κ2) is 16.1. The molecule has 38 heavy (non-hydrogen) atoms. The minimum Gasteiger partial charge on any atom is -0.489 e. The van der Waals surface area contributed by atoms with Crippen molar-refractivity contribution in [3.8, 4) is 22.9 Å². The van der Waals surface area contributed by atoms with Crippen LogP contribution >= 0.6 is 11.6 Å². The van der Waals surface area contributed by atoms with Gasteiger partial charge in [0, 0.05) is 18.0 Å². The molecule has 2 aromatic carbocycles. The molecule has 0 fully saturated rings. The van der Waals surface area contributed by atoms with Crippen LogP contribution in [0.4, 0.5) is 0 Å². The van der Waals surface area contributed by atoms with E-state index in [9.17, 15) is 4.79 Å². The van der Waals surface area contributed by atoms with Gasteiger partial charge in [-0.1, -0.05) is 70.4 Å². The van der Waals surface area contributed by atoms with Crippen LogP contribution in [0.5, 0.6) is 11.5 Å². The first-order valence-corrected chi connectivity index (χ1v) is 14.5. The molecule has 3 rings (SSSR count). The van der Waals surface area contributed by atoms with E-state index in [0.29, 0.717) is 27.9 Å². The molecule has 6 heteroatoms. The summed E-state index contributed by atoms with van der Waals surface area (Å²) in [7, 11) is 0. The van der Waals surface area contributed by atoms with Gasteiger partial charge in [0.25, 0.3) is 0 Å². The van der Waals surface area contributed by atoms with Crippen molar-refractivity contribution in [2.45, 2.75) is 97.5 Å². The van der Waals surface area contributed by atoms with Crippen LogP contribution in [0, 0.1) is 0 Å². The van der Waals surface area contributed by atoms with Crippen molar-refractivity contribution in [3.63, 3.8) is 0 Å². The minimum absolute atomic E-state index is 0.0661. The fourth-order valence-electron chi connectivity index (χ4n) is 4.26. The summed E-state index contributed by atoms with van der Waals surface area (Å²) in [5, 5.41) is 0.400. The van der Waals surface area contributed by atoms with Crippen molar-refractivity contribution in [1.82, 2.24) is 9.97 Å². The molecular formula is C32H41ClN2O3. The highest BCUT2D eigenvalue weighted by Gasteiger charge is 2.14. The third-order valence-corrected chi connectivity index (χ3v) is 6.85. The first kappa shape index (κ1) is 29.6. The first-order chi connectivity index (χ1) is 18.5. The molecule has 0 saturated heterocycles. The first-order valence-electron chi connectivity index (χ1n) is 14.1. The second-order valence-corrected chi connectivity index (χ2v) is 10.3. The summed E-state index contributed by atoms with van der Waals surface area (Å²) in [4.78, 5) is 21.7. The van der Waals surface area contributed by atoms with Gasteiger partial charge in [-0.25, -0.2) is 14.8 Å². The lowest BCUT2D eigenvalue weighted by Crippen LogP contribution is -2.13. The maximum Gasteiger partial charge on any atom is 0.343 e. The van der Waals surface area contributed by atoms with Gasteiger partial charge in [-0.3, -0.25) is 0 Å². The number of ether oxygens (including phenoxy) is 2. The highest BCUT2D eigenvalue weighted by atomic mass is 35.5. The Morgan fingerprint density at radius 3 is 2.18 bits per heavy atom. The van der Waals surface area contributed by atoms with Crippen LogP contribution in [0.1, 0.15) is 101 Å². The van der Waals surface area contributed by atoms with Crippen molar-refractivity contribution in [2.75, 3.05) is 0 Å². The predicted molar refractivity (Wildman–Crippen MR) is 155 cm³/mol. The Kier molecular flexibility index (Phi) is 12.6. The van der Waals surface area contributed by atoms with Crippen molar-refractivity contribution in [3.05, 3.63) is 71.0 Å². The molecule has 1 heterocycles. The smallest absolute Gasteiger partial charge is 0.343 e. The summed E-state index contributed by atoms with van der Waals surface area (Å²) >= 11 is 6.41. The average Bonchev–Trinajstić information content (AvgIpc) is 2.93. The Hall–Kier alpha value is -2.92. The zero-order valence-electron chi connectivity index (χ0n) is 23.0. The van der Waals surface area contributed by atoms with Gasteiger partial charge >= 0.3 is 5.97 Å². The summed E-state index contributed by atoms with van der Waals surface area (Å²) in [6.07, 6.45) is 16.9. The number of hydrogen-bond acceptors (Lipinski definition) is 5. The van der Waals surface area contributed by atoms with E-state index >= 15 is 0 Å². The van der Waals surface area contributed by atoms with Crippen LogP contribution in [-0.4, -0.2) is 22.0 Å². The van der Waals surface area contributed by atoms with Crippen LogP contribution < -0.4 is 9.47 Å². The van der Waals surface area contributed by atoms with Crippen LogP contribution in [0.15, 0.2) is 54.9 Å². The van der Waals surface area contributed by atoms with Crippen LogP contribution in [0.3, 0.4) is 0 Å². The van der Waals surface area contributed by atoms with Gasteiger partial charge in [0.1, 0.15) is 11.5 Å². The number of aromatic nitrogens is 2.